The van der Waals surface area contributed by atoms with Gasteiger partial charge >= 0.3 is 5.00 Å². The summed E-state index contributed by atoms with van der Waals surface area (Å²) >= 11 is 2.92. The van der Waals surface area contributed by atoms with E-state index < -0.39 is 4.92 Å². The Kier molecular flexibility index (Phi) is 4.10. The van der Waals surface area contributed by atoms with Gasteiger partial charge in [-0.25, -0.2) is 4.98 Å². The summed E-state index contributed by atoms with van der Waals surface area (Å²) in [6, 6.07) is 5.40. The molecule has 1 aromatic heterocycles. The molecule has 0 aliphatic rings. The van der Waals surface area contributed by atoms with E-state index in [1.807, 2.05) is 13.0 Å². The molecule has 2 aromatic rings. The first kappa shape index (κ1) is 13.9. The van der Waals surface area contributed by atoms with E-state index in [1.165, 1.54) is 0 Å². The summed E-state index contributed by atoms with van der Waals surface area (Å²) in [6.07, 6.45) is 1.13. The number of anilines is 1. The third kappa shape index (κ3) is 3.07. The second-order valence-corrected chi connectivity index (χ2v) is 5.74. The number of carbonyl (C=O) groups is 1. The zero-order valence-electron chi connectivity index (χ0n) is 9.71. The van der Waals surface area contributed by atoms with Crippen LogP contribution in [0, 0.1) is 20.6 Å². The number of hydrogen-bond acceptors (Lipinski definition) is 5. The SMILES string of the molecule is Cc1cccc(C(=O)Nc2ncc([N+](=O)[O-])s2)c1I. The van der Waals surface area contributed by atoms with Crippen LogP contribution in [0.1, 0.15) is 15.9 Å². The van der Waals surface area contributed by atoms with Crippen molar-refractivity contribution in [2.75, 3.05) is 5.32 Å². The number of hydrogen-bond donors (Lipinski definition) is 1. The van der Waals surface area contributed by atoms with Crippen LogP contribution in [0.2, 0.25) is 0 Å². The summed E-state index contributed by atoms with van der Waals surface area (Å²) in [7, 11) is 0. The highest BCUT2D eigenvalue weighted by Gasteiger charge is 2.16. The van der Waals surface area contributed by atoms with Crippen LogP contribution in [0.3, 0.4) is 0 Å². The summed E-state index contributed by atoms with van der Waals surface area (Å²) in [5.41, 5.74) is 1.52. The Balaban J connectivity index is 2.21. The normalized spacial score (nSPS) is 10.2. The first-order valence-corrected chi connectivity index (χ1v) is 7.05. The van der Waals surface area contributed by atoms with Crippen molar-refractivity contribution in [3.63, 3.8) is 0 Å². The van der Waals surface area contributed by atoms with Crippen molar-refractivity contribution in [3.8, 4) is 0 Å². The van der Waals surface area contributed by atoms with Gasteiger partial charge in [0.25, 0.3) is 5.91 Å². The van der Waals surface area contributed by atoms with E-state index in [-0.39, 0.29) is 16.0 Å². The molecule has 0 fully saturated rings. The van der Waals surface area contributed by atoms with Gasteiger partial charge < -0.3 is 0 Å². The number of aromatic nitrogens is 1. The van der Waals surface area contributed by atoms with Gasteiger partial charge in [0.2, 0.25) is 0 Å². The monoisotopic (exact) mass is 389 g/mol. The molecule has 0 atom stereocenters. The molecule has 0 spiro atoms. The molecule has 0 bridgehead atoms. The second-order valence-electron chi connectivity index (χ2n) is 3.65. The number of thiazole rings is 1. The number of rotatable bonds is 3. The third-order valence-electron chi connectivity index (χ3n) is 2.33. The fourth-order valence-corrected chi connectivity index (χ4v) is 2.63. The number of nitro groups is 1. The van der Waals surface area contributed by atoms with Crippen LogP contribution in [-0.4, -0.2) is 15.8 Å². The number of benzene rings is 1. The molecule has 0 aliphatic carbocycles. The maximum absolute atomic E-state index is 12.0. The van der Waals surface area contributed by atoms with Crippen molar-refractivity contribution in [1.82, 2.24) is 4.98 Å². The molecule has 8 heteroatoms. The van der Waals surface area contributed by atoms with Gasteiger partial charge in [0.15, 0.2) is 5.13 Å². The van der Waals surface area contributed by atoms with E-state index in [0.717, 1.165) is 26.7 Å². The average molecular weight is 389 g/mol. The Morgan fingerprint density at radius 1 is 1.53 bits per heavy atom. The molecule has 0 radical (unpaired) electrons. The molecule has 0 aliphatic heterocycles. The van der Waals surface area contributed by atoms with Crippen molar-refractivity contribution in [2.45, 2.75) is 6.92 Å². The van der Waals surface area contributed by atoms with Crippen molar-refractivity contribution < 1.29 is 9.72 Å². The Labute approximate surface area is 126 Å². The van der Waals surface area contributed by atoms with Crippen LogP contribution in [0.4, 0.5) is 10.1 Å². The zero-order valence-corrected chi connectivity index (χ0v) is 12.7. The van der Waals surface area contributed by atoms with Crippen molar-refractivity contribution >= 4 is 50.0 Å². The number of nitrogens with zero attached hydrogens (tertiary/aromatic N) is 2. The first-order chi connectivity index (χ1) is 8.99. The predicted octanol–water partition coefficient (Wildman–Crippen LogP) is 3.22. The molecule has 0 saturated carbocycles. The fraction of sp³-hybridized carbons (Fsp3) is 0.0909. The van der Waals surface area contributed by atoms with Crippen molar-refractivity contribution in [3.05, 3.63) is 49.2 Å². The number of aryl methyl sites for hydroxylation is 1. The fourth-order valence-electron chi connectivity index (χ4n) is 1.40. The Morgan fingerprint density at radius 3 is 2.89 bits per heavy atom. The van der Waals surface area contributed by atoms with E-state index in [9.17, 15) is 14.9 Å². The van der Waals surface area contributed by atoms with Gasteiger partial charge in [0, 0.05) is 3.57 Å². The van der Waals surface area contributed by atoms with Crippen LogP contribution in [0.15, 0.2) is 24.4 Å². The quantitative estimate of drug-likeness (QED) is 0.496. The molecule has 1 amide bonds. The molecule has 1 N–H and O–H groups in total. The van der Waals surface area contributed by atoms with Gasteiger partial charge in [-0.15, -0.1) is 0 Å². The zero-order chi connectivity index (χ0) is 14.0. The second kappa shape index (κ2) is 5.61. The molecule has 19 heavy (non-hydrogen) atoms. The van der Waals surface area contributed by atoms with Crippen molar-refractivity contribution in [2.24, 2.45) is 0 Å². The van der Waals surface area contributed by atoms with Crippen LogP contribution in [0.5, 0.6) is 0 Å². The molecule has 0 saturated heterocycles. The Hall–Kier alpha value is -1.55. The lowest BCUT2D eigenvalue weighted by Gasteiger charge is -2.06. The molecule has 1 aromatic carbocycles. The van der Waals surface area contributed by atoms with E-state index in [2.05, 4.69) is 32.9 Å². The standard InChI is InChI=1S/C11H8IN3O3S/c1-6-3-2-4-7(9(6)12)10(16)14-11-13-5-8(19-11)15(17)18/h2-5H,1H3,(H,13,14,16). The highest BCUT2D eigenvalue weighted by atomic mass is 127. The molecule has 6 nitrogen and oxygen atoms in total. The molecule has 0 unspecified atom stereocenters. The number of amides is 1. The largest absolute Gasteiger partial charge is 0.345 e. The maximum Gasteiger partial charge on any atom is 0.345 e. The molecular weight excluding hydrogens is 381 g/mol. The van der Waals surface area contributed by atoms with Crippen LogP contribution < -0.4 is 5.32 Å². The van der Waals surface area contributed by atoms with Crippen LogP contribution in [0.25, 0.3) is 0 Å². The third-order valence-corrected chi connectivity index (χ3v) is 4.63. The van der Waals surface area contributed by atoms with E-state index in [0.29, 0.717) is 5.56 Å². The molecule has 1 heterocycles. The summed E-state index contributed by atoms with van der Waals surface area (Å²) < 4.78 is 0.851. The van der Waals surface area contributed by atoms with Gasteiger partial charge in [-0.1, -0.05) is 12.1 Å². The van der Waals surface area contributed by atoms with Gasteiger partial charge in [-0.3, -0.25) is 20.2 Å². The topological polar surface area (TPSA) is 85.1 Å². The van der Waals surface area contributed by atoms with Crippen molar-refractivity contribution in [1.29, 1.82) is 0 Å². The minimum absolute atomic E-state index is 0.103. The highest BCUT2D eigenvalue weighted by molar-refractivity contribution is 14.1. The number of carbonyl (C=O) groups excluding carboxylic acids is 1. The van der Waals surface area contributed by atoms with Gasteiger partial charge in [0.05, 0.1) is 10.5 Å². The molecule has 98 valence electrons. The lowest BCUT2D eigenvalue weighted by atomic mass is 10.1. The lowest BCUT2D eigenvalue weighted by Crippen LogP contribution is -2.13. The van der Waals surface area contributed by atoms with Gasteiger partial charge in [-0.2, -0.15) is 0 Å². The summed E-state index contributed by atoms with van der Waals surface area (Å²) in [6.45, 7) is 1.91. The molecular formula is C11H8IN3O3S. The van der Waals surface area contributed by atoms with E-state index in [4.69, 9.17) is 0 Å². The minimum atomic E-state index is -0.538. The summed E-state index contributed by atoms with van der Waals surface area (Å²) in [5.74, 6) is -0.322. The Bertz CT molecular complexity index is 656. The summed E-state index contributed by atoms with van der Waals surface area (Å²) in [5, 5.41) is 13.2. The summed E-state index contributed by atoms with van der Waals surface area (Å²) in [4.78, 5) is 25.8. The van der Waals surface area contributed by atoms with E-state index in [1.54, 1.807) is 12.1 Å². The minimum Gasteiger partial charge on any atom is -0.298 e. The first-order valence-electron chi connectivity index (χ1n) is 5.15. The maximum atomic E-state index is 12.0. The number of halogens is 1. The van der Waals surface area contributed by atoms with E-state index >= 15 is 0 Å². The average Bonchev–Trinajstić information content (AvgIpc) is 2.81. The smallest absolute Gasteiger partial charge is 0.298 e. The lowest BCUT2D eigenvalue weighted by molar-refractivity contribution is -0.380. The van der Waals surface area contributed by atoms with Gasteiger partial charge in [0.1, 0.15) is 6.20 Å². The molecule has 2 rings (SSSR count). The Morgan fingerprint density at radius 2 is 2.26 bits per heavy atom. The van der Waals surface area contributed by atoms with Crippen LogP contribution >= 0.6 is 33.9 Å². The van der Waals surface area contributed by atoms with Gasteiger partial charge in [-0.05, 0) is 52.5 Å². The highest BCUT2D eigenvalue weighted by Crippen LogP contribution is 2.26. The van der Waals surface area contributed by atoms with Crippen LogP contribution in [-0.2, 0) is 0 Å². The number of nitrogens with one attached hydrogen (secondary N) is 1. The predicted molar refractivity (Wildman–Crippen MR) is 80.6 cm³/mol.